The lowest BCUT2D eigenvalue weighted by atomic mass is 9.71. The first-order valence-corrected chi connectivity index (χ1v) is 14.4. The van der Waals surface area contributed by atoms with Gasteiger partial charge in [0.05, 0.1) is 15.2 Å². The number of halogens is 3. The molecule has 5 rings (SSSR count). The summed E-state index contributed by atoms with van der Waals surface area (Å²) >= 11 is 7.50. The number of hydrogen-bond acceptors (Lipinski definition) is 7. The number of hydrogen-bond donors (Lipinski definition) is 3. The van der Waals surface area contributed by atoms with Crippen LogP contribution in [0.2, 0.25) is 5.02 Å². The maximum absolute atomic E-state index is 13.7. The molecular weight excluding hydrogens is 546 g/mol. The van der Waals surface area contributed by atoms with Crippen LogP contribution in [0, 0.1) is 23.5 Å². The van der Waals surface area contributed by atoms with Gasteiger partial charge in [-0.25, -0.2) is 22.2 Å². The van der Waals surface area contributed by atoms with E-state index in [4.69, 9.17) is 11.6 Å². The molecule has 196 valence electrons. The van der Waals surface area contributed by atoms with Gasteiger partial charge in [0.25, 0.3) is 5.91 Å². The molecule has 0 aliphatic heterocycles. The predicted molar refractivity (Wildman–Crippen MR) is 134 cm³/mol. The third-order valence-electron chi connectivity index (χ3n) is 7.51. The van der Waals surface area contributed by atoms with E-state index in [9.17, 15) is 32.2 Å². The van der Waals surface area contributed by atoms with Gasteiger partial charge >= 0.3 is 0 Å². The standard InChI is InChI=1S/C25H23ClF2N2O5S2/c26-18-5-1-13(23(32)30-16-4-6-19(27)20(28)12-16)9-21(18)37(34,35)17-10-14-2-3-15(11-17)25(14,33)22(31)24-29-7-8-36-24/h1,4-9,12,14-15,17,22,31,33H,2-3,10-11H2,(H,30,32)/t14-,15?,17?,22-,25?/m0/s1. The lowest BCUT2D eigenvalue weighted by Crippen LogP contribution is -2.52. The van der Waals surface area contributed by atoms with Crippen molar-refractivity contribution in [2.24, 2.45) is 11.8 Å². The van der Waals surface area contributed by atoms with Crippen molar-refractivity contribution in [3.05, 3.63) is 75.2 Å². The number of nitrogens with zero attached hydrogens (tertiary/aromatic N) is 1. The van der Waals surface area contributed by atoms with E-state index in [1.54, 1.807) is 11.6 Å². The maximum Gasteiger partial charge on any atom is 0.255 e. The fourth-order valence-electron chi connectivity index (χ4n) is 5.63. The molecule has 3 N–H and O–H groups in total. The highest BCUT2D eigenvalue weighted by Crippen LogP contribution is 2.56. The van der Waals surface area contributed by atoms with Gasteiger partial charge in [-0.1, -0.05) is 11.6 Å². The van der Waals surface area contributed by atoms with Gasteiger partial charge in [0.2, 0.25) is 0 Å². The molecule has 3 aromatic rings. The van der Waals surface area contributed by atoms with Gasteiger partial charge in [-0.3, -0.25) is 4.79 Å². The Hall–Kier alpha value is -2.44. The first kappa shape index (κ1) is 26.2. The Morgan fingerprint density at radius 1 is 1.14 bits per heavy atom. The van der Waals surface area contributed by atoms with Crippen LogP contribution < -0.4 is 5.32 Å². The summed E-state index contributed by atoms with van der Waals surface area (Å²) in [7, 11) is -4.02. The quantitative estimate of drug-likeness (QED) is 0.395. The Labute approximate surface area is 221 Å². The Morgan fingerprint density at radius 3 is 2.46 bits per heavy atom. The number of carbonyl (C=O) groups excluding carboxylic acids is 1. The summed E-state index contributed by atoms with van der Waals surface area (Å²) < 4.78 is 54.1. The topological polar surface area (TPSA) is 117 Å². The zero-order chi connectivity index (χ0) is 26.5. The number of nitrogens with one attached hydrogen (secondary N) is 1. The number of amides is 1. The monoisotopic (exact) mass is 568 g/mol. The molecule has 2 fully saturated rings. The number of fused-ring (bicyclic) bond motifs is 2. The van der Waals surface area contributed by atoms with Crippen LogP contribution in [0.25, 0.3) is 0 Å². The Morgan fingerprint density at radius 2 is 1.84 bits per heavy atom. The van der Waals surface area contributed by atoms with E-state index in [1.165, 1.54) is 35.6 Å². The summed E-state index contributed by atoms with van der Waals surface area (Å²) in [6.45, 7) is 0. The molecule has 1 aromatic heterocycles. The lowest BCUT2D eigenvalue weighted by Gasteiger charge is -2.44. The van der Waals surface area contributed by atoms with Crippen LogP contribution in [0.4, 0.5) is 14.5 Å². The third kappa shape index (κ3) is 4.57. The molecule has 0 radical (unpaired) electrons. The highest BCUT2D eigenvalue weighted by Gasteiger charge is 2.59. The number of rotatable bonds is 6. The lowest BCUT2D eigenvalue weighted by molar-refractivity contribution is -0.144. The highest BCUT2D eigenvalue weighted by molar-refractivity contribution is 7.92. The molecule has 2 saturated carbocycles. The molecule has 37 heavy (non-hydrogen) atoms. The normalized spacial score (nSPS) is 26.1. The van der Waals surface area contributed by atoms with Gasteiger partial charge in [-0.15, -0.1) is 11.3 Å². The number of aromatic nitrogens is 1. The van der Waals surface area contributed by atoms with E-state index in [0.717, 1.165) is 12.1 Å². The second-order valence-corrected chi connectivity index (χ2v) is 13.0. The van der Waals surface area contributed by atoms with Crippen molar-refractivity contribution in [2.75, 3.05) is 5.32 Å². The smallest absolute Gasteiger partial charge is 0.255 e. The van der Waals surface area contributed by atoms with Crippen LogP contribution >= 0.6 is 22.9 Å². The van der Waals surface area contributed by atoms with Crippen molar-refractivity contribution in [3.63, 3.8) is 0 Å². The summed E-state index contributed by atoms with van der Waals surface area (Å²) in [4.78, 5) is 16.6. The highest BCUT2D eigenvalue weighted by atomic mass is 35.5. The van der Waals surface area contributed by atoms with Crippen LogP contribution in [0.5, 0.6) is 0 Å². The van der Waals surface area contributed by atoms with E-state index in [0.29, 0.717) is 17.8 Å². The SMILES string of the molecule is O=C(Nc1ccc(F)c(F)c1)c1ccc(Cl)c(S(=O)(=O)C2CC3CC[C@@H](C2)C3(O)[C@@H](O)c2nccs2)c1. The van der Waals surface area contributed by atoms with Crippen molar-refractivity contribution in [1.29, 1.82) is 0 Å². The average Bonchev–Trinajstić information content (AvgIpc) is 3.43. The van der Waals surface area contributed by atoms with Crippen LogP contribution in [-0.2, 0) is 9.84 Å². The van der Waals surface area contributed by atoms with Crippen LogP contribution in [0.15, 0.2) is 52.9 Å². The van der Waals surface area contributed by atoms with Crippen molar-refractivity contribution >= 4 is 44.4 Å². The number of aliphatic hydroxyl groups excluding tert-OH is 1. The largest absolute Gasteiger partial charge is 0.386 e. The molecule has 0 spiro atoms. The number of sulfone groups is 1. The summed E-state index contributed by atoms with van der Waals surface area (Å²) in [5.74, 6) is -3.83. The first-order valence-electron chi connectivity index (χ1n) is 11.6. The molecule has 1 heterocycles. The summed E-state index contributed by atoms with van der Waals surface area (Å²) in [5, 5.41) is 26.0. The molecule has 12 heteroatoms. The van der Waals surface area contributed by atoms with E-state index >= 15 is 0 Å². The zero-order valence-electron chi connectivity index (χ0n) is 19.3. The molecule has 2 aliphatic rings. The van der Waals surface area contributed by atoms with Crippen LogP contribution in [0.1, 0.15) is 47.2 Å². The van der Waals surface area contributed by atoms with E-state index in [1.807, 2.05) is 0 Å². The summed E-state index contributed by atoms with van der Waals surface area (Å²) in [5.41, 5.74) is -1.49. The second-order valence-electron chi connectivity index (χ2n) is 9.50. The summed E-state index contributed by atoms with van der Waals surface area (Å²) in [6.07, 6.45) is 1.72. The Kier molecular flexibility index (Phi) is 6.86. The van der Waals surface area contributed by atoms with E-state index in [-0.39, 0.29) is 34.0 Å². The van der Waals surface area contributed by atoms with Crippen molar-refractivity contribution < 1.29 is 32.2 Å². The second kappa shape index (κ2) is 9.70. The number of carbonyl (C=O) groups is 1. The first-order chi connectivity index (χ1) is 17.5. The summed E-state index contributed by atoms with van der Waals surface area (Å²) in [6, 6.07) is 6.68. The molecule has 2 bridgehead atoms. The molecule has 7 nitrogen and oxygen atoms in total. The minimum atomic E-state index is -4.02. The molecule has 5 atom stereocenters. The molecule has 1 amide bonds. The third-order valence-corrected chi connectivity index (χ3v) is 11.0. The number of benzene rings is 2. The zero-order valence-corrected chi connectivity index (χ0v) is 21.7. The van der Waals surface area contributed by atoms with Gasteiger partial charge in [-0.05, 0) is 67.9 Å². The predicted octanol–water partition coefficient (Wildman–Crippen LogP) is 4.75. The fraction of sp³-hybridized carbons (Fsp3) is 0.360. The Balaban J connectivity index is 1.39. The molecular formula is C25H23ClF2N2O5S2. The number of aliphatic hydroxyl groups is 2. The number of anilines is 1. The van der Waals surface area contributed by atoms with Gasteiger partial charge in [0, 0.05) is 28.9 Å². The molecule has 3 unspecified atom stereocenters. The minimum absolute atomic E-state index is 0.00480. The van der Waals surface area contributed by atoms with E-state index < -0.39 is 56.2 Å². The van der Waals surface area contributed by atoms with E-state index in [2.05, 4.69) is 10.3 Å². The minimum Gasteiger partial charge on any atom is -0.386 e. The van der Waals surface area contributed by atoms with Gasteiger partial charge in [0.1, 0.15) is 16.7 Å². The average molecular weight is 569 g/mol. The molecule has 2 aromatic carbocycles. The van der Waals surface area contributed by atoms with Gasteiger partial charge < -0.3 is 15.5 Å². The van der Waals surface area contributed by atoms with Crippen LogP contribution in [-0.4, -0.2) is 40.4 Å². The van der Waals surface area contributed by atoms with Crippen molar-refractivity contribution in [3.8, 4) is 0 Å². The number of thiazole rings is 1. The van der Waals surface area contributed by atoms with Crippen molar-refractivity contribution in [1.82, 2.24) is 4.98 Å². The molecule has 2 aliphatic carbocycles. The van der Waals surface area contributed by atoms with Gasteiger partial charge in [0.15, 0.2) is 21.5 Å². The van der Waals surface area contributed by atoms with Gasteiger partial charge in [-0.2, -0.15) is 0 Å². The maximum atomic E-state index is 13.7. The van der Waals surface area contributed by atoms with Crippen LogP contribution in [0.3, 0.4) is 0 Å². The fourth-order valence-corrected chi connectivity index (χ4v) is 8.73. The molecule has 0 saturated heterocycles. The Bertz CT molecular complexity index is 1440. The van der Waals surface area contributed by atoms with Crippen molar-refractivity contribution in [2.45, 2.75) is 47.5 Å².